The molecule has 21 heavy (non-hydrogen) atoms. The third-order valence-electron chi connectivity index (χ3n) is 4.27. The Morgan fingerprint density at radius 3 is 2.81 bits per heavy atom. The zero-order valence-electron chi connectivity index (χ0n) is 11.9. The molecule has 110 valence electrons. The molecule has 1 aromatic heterocycles. The van der Waals surface area contributed by atoms with Gasteiger partial charge in [0, 0.05) is 12.1 Å². The molecular weight excluding hydrogens is 268 g/mol. The summed E-state index contributed by atoms with van der Waals surface area (Å²) in [6.07, 6.45) is 3.34. The topological polar surface area (TPSA) is 97.8 Å². The highest BCUT2D eigenvalue weighted by Gasteiger charge is 2.40. The van der Waals surface area contributed by atoms with Crippen molar-refractivity contribution in [2.75, 3.05) is 0 Å². The quantitative estimate of drug-likeness (QED) is 0.772. The van der Waals surface area contributed by atoms with Crippen molar-refractivity contribution in [3.05, 3.63) is 23.0 Å². The van der Waals surface area contributed by atoms with Gasteiger partial charge in [0.2, 0.25) is 5.91 Å². The number of rotatable bonds is 3. The first-order chi connectivity index (χ1) is 10.1. The molecule has 0 unspecified atom stereocenters. The number of nitriles is 1. The van der Waals surface area contributed by atoms with Gasteiger partial charge in [-0.1, -0.05) is 0 Å². The summed E-state index contributed by atoms with van der Waals surface area (Å²) >= 11 is 0. The molecule has 2 aliphatic rings. The van der Waals surface area contributed by atoms with E-state index in [9.17, 15) is 9.59 Å². The number of aryl methyl sites for hydroxylation is 1. The molecule has 1 saturated carbocycles. The number of aromatic amines is 1. The molecule has 0 spiro atoms. The third-order valence-corrected chi connectivity index (χ3v) is 4.27. The molecule has 1 saturated heterocycles. The van der Waals surface area contributed by atoms with Crippen LogP contribution in [0, 0.1) is 24.2 Å². The molecule has 6 nitrogen and oxygen atoms in total. The number of H-pyrrole nitrogens is 1. The van der Waals surface area contributed by atoms with Gasteiger partial charge in [-0.15, -0.1) is 0 Å². The zero-order valence-corrected chi connectivity index (χ0v) is 11.9. The number of piperidine rings is 1. The predicted octanol–water partition coefficient (Wildman–Crippen LogP) is 0.982. The van der Waals surface area contributed by atoms with Crippen LogP contribution < -0.4 is 10.6 Å². The zero-order chi connectivity index (χ0) is 15.0. The highest BCUT2D eigenvalue weighted by atomic mass is 16.2. The van der Waals surface area contributed by atoms with Gasteiger partial charge in [0.25, 0.3) is 5.91 Å². The highest BCUT2D eigenvalue weighted by molar-refractivity contribution is 5.96. The maximum absolute atomic E-state index is 12.4. The van der Waals surface area contributed by atoms with Gasteiger partial charge < -0.3 is 15.6 Å². The Hall–Kier alpha value is -2.29. The maximum Gasteiger partial charge on any atom is 0.253 e. The Bertz CT molecular complexity index is 624. The van der Waals surface area contributed by atoms with Crippen LogP contribution in [0.2, 0.25) is 0 Å². The van der Waals surface area contributed by atoms with Gasteiger partial charge in [-0.2, -0.15) is 5.26 Å². The van der Waals surface area contributed by atoms with Crippen LogP contribution in [0.3, 0.4) is 0 Å². The predicted molar refractivity (Wildman–Crippen MR) is 75.4 cm³/mol. The van der Waals surface area contributed by atoms with E-state index >= 15 is 0 Å². The first kappa shape index (κ1) is 13.7. The fourth-order valence-corrected chi connectivity index (χ4v) is 2.99. The molecule has 2 fully saturated rings. The van der Waals surface area contributed by atoms with Crippen molar-refractivity contribution in [2.45, 2.75) is 44.7 Å². The second-order valence-corrected chi connectivity index (χ2v) is 5.88. The number of hydrogen-bond donors (Lipinski definition) is 3. The summed E-state index contributed by atoms with van der Waals surface area (Å²) in [5.41, 5.74) is 1.57. The summed E-state index contributed by atoms with van der Waals surface area (Å²) in [4.78, 5) is 26.8. The Morgan fingerprint density at radius 2 is 2.19 bits per heavy atom. The summed E-state index contributed by atoms with van der Waals surface area (Å²) < 4.78 is 0. The lowest BCUT2D eigenvalue weighted by Crippen LogP contribution is -2.56. The van der Waals surface area contributed by atoms with Gasteiger partial charge in [0.15, 0.2) is 0 Å². The summed E-state index contributed by atoms with van der Waals surface area (Å²) in [5.74, 6) is 0.376. The number of nitrogens with one attached hydrogen (secondary N) is 3. The molecule has 0 bridgehead atoms. The van der Waals surface area contributed by atoms with Gasteiger partial charge in [-0.05, 0) is 38.2 Å². The van der Waals surface area contributed by atoms with Crippen molar-refractivity contribution in [3.63, 3.8) is 0 Å². The molecule has 2 atom stereocenters. The Kier molecular flexibility index (Phi) is 3.42. The first-order valence-corrected chi connectivity index (χ1v) is 7.28. The van der Waals surface area contributed by atoms with Crippen LogP contribution in [0.5, 0.6) is 0 Å². The lowest BCUT2D eigenvalue weighted by Gasteiger charge is -2.33. The maximum atomic E-state index is 12.4. The van der Waals surface area contributed by atoms with E-state index < -0.39 is 0 Å². The van der Waals surface area contributed by atoms with Crippen LogP contribution in [-0.2, 0) is 4.79 Å². The van der Waals surface area contributed by atoms with E-state index in [2.05, 4.69) is 15.6 Å². The molecule has 0 radical (unpaired) electrons. The smallest absolute Gasteiger partial charge is 0.253 e. The Morgan fingerprint density at radius 1 is 1.43 bits per heavy atom. The van der Waals surface area contributed by atoms with Gasteiger partial charge in [-0.25, -0.2) is 0 Å². The minimum absolute atomic E-state index is 0.0254. The van der Waals surface area contributed by atoms with E-state index in [4.69, 9.17) is 5.26 Å². The van der Waals surface area contributed by atoms with E-state index in [1.54, 1.807) is 13.0 Å². The van der Waals surface area contributed by atoms with Crippen LogP contribution in [0.15, 0.2) is 6.07 Å². The number of hydrogen-bond acceptors (Lipinski definition) is 3. The average molecular weight is 286 g/mol. The SMILES string of the molecule is Cc1[nH]c(C#N)cc1C(=O)N[C@@H]1CCC(=O)N[C@H]1C1CC1. The molecule has 1 aromatic rings. The summed E-state index contributed by atoms with van der Waals surface area (Å²) in [7, 11) is 0. The van der Waals surface area contributed by atoms with Gasteiger partial charge >= 0.3 is 0 Å². The molecule has 6 heteroatoms. The first-order valence-electron chi connectivity index (χ1n) is 7.28. The van der Waals surface area contributed by atoms with Gasteiger partial charge in [0.1, 0.15) is 11.8 Å². The van der Waals surface area contributed by atoms with E-state index in [1.165, 1.54) is 0 Å². The van der Waals surface area contributed by atoms with E-state index in [1.807, 2.05) is 6.07 Å². The summed E-state index contributed by atoms with van der Waals surface area (Å²) in [6, 6.07) is 3.59. The highest BCUT2D eigenvalue weighted by Crippen LogP contribution is 2.36. The molecule has 2 heterocycles. The molecule has 0 aromatic carbocycles. The van der Waals surface area contributed by atoms with Crippen LogP contribution in [-0.4, -0.2) is 28.9 Å². The molecule has 1 aliphatic carbocycles. The second-order valence-electron chi connectivity index (χ2n) is 5.88. The van der Waals surface area contributed by atoms with E-state index in [0.29, 0.717) is 35.7 Å². The number of carbonyl (C=O) groups excluding carboxylic acids is 2. The van der Waals surface area contributed by atoms with Crippen LogP contribution in [0.25, 0.3) is 0 Å². The Labute approximate surface area is 122 Å². The van der Waals surface area contributed by atoms with Crippen molar-refractivity contribution < 1.29 is 9.59 Å². The van der Waals surface area contributed by atoms with Gasteiger partial charge in [0.05, 0.1) is 17.6 Å². The van der Waals surface area contributed by atoms with Crippen molar-refractivity contribution in [3.8, 4) is 6.07 Å². The van der Waals surface area contributed by atoms with E-state index in [0.717, 1.165) is 12.8 Å². The molecule has 3 rings (SSSR count). The minimum atomic E-state index is -0.183. The van der Waals surface area contributed by atoms with Crippen LogP contribution in [0.1, 0.15) is 47.4 Å². The molecular formula is C15H18N4O2. The van der Waals surface area contributed by atoms with Crippen molar-refractivity contribution in [1.29, 1.82) is 5.26 Å². The molecule has 3 N–H and O–H groups in total. The van der Waals surface area contributed by atoms with Crippen LogP contribution in [0.4, 0.5) is 0 Å². The van der Waals surface area contributed by atoms with Gasteiger partial charge in [-0.3, -0.25) is 9.59 Å². The molecule has 2 amide bonds. The fourth-order valence-electron chi connectivity index (χ4n) is 2.99. The average Bonchev–Trinajstić information content (AvgIpc) is 3.23. The lowest BCUT2D eigenvalue weighted by atomic mass is 9.94. The standard InChI is InChI=1S/C15H18N4O2/c1-8-11(6-10(7-16)17-8)15(21)18-12-4-5-13(20)19-14(12)9-2-3-9/h6,9,12,14,17H,2-5H2,1H3,(H,18,21)(H,19,20)/t12-,14+/m1/s1. The van der Waals surface area contributed by atoms with E-state index in [-0.39, 0.29) is 23.9 Å². The number of amides is 2. The second kappa shape index (κ2) is 5.24. The molecule has 1 aliphatic heterocycles. The van der Waals surface area contributed by atoms with Crippen molar-refractivity contribution >= 4 is 11.8 Å². The minimum Gasteiger partial charge on any atom is -0.351 e. The number of carbonyl (C=O) groups is 2. The summed E-state index contributed by atoms with van der Waals surface area (Å²) in [5, 5.41) is 14.9. The monoisotopic (exact) mass is 286 g/mol. The fraction of sp³-hybridized carbons (Fsp3) is 0.533. The summed E-state index contributed by atoms with van der Waals surface area (Å²) in [6.45, 7) is 1.77. The Balaban J connectivity index is 1.72. The van der Waals surface area contributed by atoms with Crippen molar-refractivity contribution in [1.82, 2.24) is 15.6 Å². The lowest BCUT2D eigenvalue weighted by molar-refractivity contribution is -0.124. The van der Waals surface area contributed by atoms with Crippen LogP contribution >= 0.6 is 0 Å². The third kappa shape index (κ3) is 2.77. The normalized spacial score (nSPS) is 25.0. The number of nitrogens with zero attached hydrogens (tertiary/aromatic N) is 1. The van der Waals surface area contributed by atoms with Crippen molar-refractivity contribution in [2.24, 2.45) is 5.92 Å². The number of aromatic nitrogens is 1. The largest absolute Gasteiger partial charge is 0.351 e.